The lowest BCUT2D eigenvalue weighted by Crippen LogP contribution is -2.36. The van der Waals surface area contributed by atoms with Crippen LogP contribution in [0.3, 0.4) is 0 Å². The molecule has 0 saturated carbocycles. The van der Waals surface area contributed by atoms with E-state index in [1.165, 1.54) is 5.56 Å². The molecule has 1 amide bonds. The number of unbranched alkanes of at least 4 members (excludes halogenated alkanes) is 1. The highest BCUT2D eigenvalue weighted by Crippen LogP contribution is 2.18. The second-order valence-corrected chi connectivity index (χ2v) is 4.98. The third kappa shape index (κ3) is 5.21. The van der Waals surface area contributed by atoms with Crippen LogP contribution >= 0.6 is 0 Å². The van der Waals surface area contributed by atoms with Crippen LogP contribution in [0.15, 0.2) is 24.3 Å². The minimum Gasteiger partial charge on any atom is -0.481 e. The van der Waals surface area contributed by atoms with Crippen LogP contribution in [-0.2, 0) is 4.79 Å². The van der Waals surface area contributed by atoms with E-state index in [4.69, 9.17) is 4.74 Å². The van der Waals surface area contributed by atoms with E-state index in [0.29, 0.717) is 12.6 Å². The Morgan fingerprint density at radius 2 is 1.90 bits per heavy atom. The van der Waals surface area contributed by atoms with Gasteiger partial charge >= 0.3 is 0 Å². The van der Waals surface area contributed by atoms with Crippen LogP contribution in [0.5, 0.6) is 5.75 Å². The van der Waals surface area contributed by atoms with E-state index in [1.54, 1.807) is 6.92 Å². The molecular formula is C16H26N2O2. The minimum atomic E-state index is -0.473. The molecule has 1 rings (SSSR count). The molecule has 0 bridgehead atoms. The van der Waals surface area contributed by atoms with Crippen LogP contribution < -0.4 is 15.4 Å². The van der Waals surface area contributed by atoms with Gasteiger partial charge < -0.3 is 15.4 Å². The van der Waals surface area contributed by atoms with Gasteiger partial charge in [0.2, 0.25) is 0 Å². The molecule has 0 fully saturated rings. The molecule has 1 aromatic carbocycles. The van der Waals surface area contributed by atoms with Crippen molar-refractivity contribution >= 4 is 5.91 Å². The van der Waals surface area contributed by atoms with Gasteiger partial charge in [-0.1, -0.05) is 25.5 Å². The Morgan fingerprint density at radius 3 is 2.45 bits per heavy atom. The molecule has 20 heavy (non-hydrogen) atoms. The van der Waals surface area contributed by atoms with Gasteiger partial charge in [-0.25, -0.2) is 0 Å². The van der Waals surface area contributed by atoms with Crippen LogP contribution in [-0.4, -0.2) is 25.6 Å². The van der Waals surface area contributed by atoms with E-state index in [2.05, 4.69) is 24.5 Å². The topological polar surface area (TPSA) is 50.4 Å². The number of amides is 1. The minimum absolute atomic E-state index is 0.0638. The van der Waals surface area contributed by atoms with Crippen molar-refractivity contribution < 1.29 is 9.53 Å². The third-order valence-corrected chi connectivity index (χ3v) is 3.32. The largest absolute Gasteiger partial charge is 0.481 e. The molecule has 1 aromatic rings. The van der Waals surface area contributed by atoms with Gasteiger partial charge in [0.25, 0.3) is 5.91 Å². The lowest BCUT2D eigenvalue weighted by molar-refractivity contribution is -0.127. The van der Waals surface area contributed by atoms with E-state index in [1.807, 2.05) is 31.3 Å². The molecule has 2 atom stereocenters. The van der Waals surface area contributed by atoms with Gasteiger partial charge in [0.1, 0.15) is 5.75 Å². The number of carbonyl (C=O) groups is 1. The summed E-state index contributed by atoms with van der Waals surface area (Å²) in [6.07, 6.45) is 1.59. The predicted molar refractivity (Wildman–Crippen MR) is 81.9 cm³/mol. The van der Waals surface area contributed by atoms with Crippen LogP contribution in [0.2, 0.25) is 0 Å². The van der Waals surface area contributed by atoms with E-state index in [-0.39, 0.29) is 5.91 Å². The molecule has 0 aliphatic carbocycles. The van der Waals surface area contributed by atoms with Gasteiger partial charge in [0, 0.05) is 12.6 Å². The van der Waals surface area contributed by atoms with Crippen LogP contribution in [0.1, 0.15) is 45.2 Å². The van der Waals surface area contributed by atoms with Gasteiger partial charge in [-0.3, -0.25) is 4.79 Å². The molecule has 0 aliphatic rings. The average Bonchev–Trinajstić information content (AvgIpc) is 2.47. The fraction of sp³-hybridized carbons (Fsp3) is 0.562. The Labute approximate surface area is 121 Å². The molecule has 4 nitrogen and oxygen atoms in total. The highest BCUT2D eigenvalue weighted by molar-refractivity contribution is 5.80. The normalized spacial score (nSPS) is 13.6. The predicted octanol–water partition coefficient (Wildman–Crippen LogP) is 2.65. The molecule has 2 unspecified atom stereocenters. The summed E-state index contributed by atoms with van der Waals surface area (Å²) in [7, 11) is 1.93. The summed E-state index contributed by atoms with van der Waals surface area (Å²) in [4.78, 5) is 11.8. The van der Waals surface area contributed by atoms with Crippen LogP contribution in [0.25, 0.3) is 0 Å². The molecule has 0 saturated heterocycles. The molecule has 4 heteroatoms. The Bertz CT molecular complexity index is 403. The lowest BCUT2D eigenvalue weighted by atomic mass is 10.1. The zero-order valence-electron chi connectivity index (χ0n) is 12.9. The maximum Gasteiger partial charge on any atom is 0.260 e. The third-order valence-electron chi connectivity index (χ3n) is 3.32. The summed E-state index contributed by atoms with van der Waals surface area (Å²) in [5.41, 5.74) is 1.19. The van der Waals surface area contributed by atoms with Gasteiger partial charge in [0.05, 0.1) is 0 Å². The van der Waals surface area contributed by atoms with E-state index in [9.17, 15) is 4.79 Å². The fourth-order valence-electron chi connectivity index (χ4n) is 1.79. The van der Waals surface area contributed by atoms with Crippen LogP contribution in [0, 0.1) is 0 Å². The standard InChI is InChI=1S/C16H26N2O2/c1-5-6-11-18-16(19)13(3)20-15-9-7-14(8-10-15)12(2)17-4/h7-10,12-13,17H,5-6,11H2,1-4H3,(H,18,19). The van der Waals surface area contributed by atoms with Crippen molar-refractivity contribution in [2.45, 2.75) is 45.8 Å². The molecule has 0 heterocycles. The van der Waals surface area contributed by atoms with Crippen molar-refractivity contribution in [3.05, 3.63) is 29.8 Å². The Balaban J connectivity index is 2.49. The van der Waals surface area contributed by atoms with Crippen molar-refractivity contribution in [3.8, 4) is 5.75 Å². The Kier molecular flexibility index (Phi) is 7.09. The zero-order valence-corrected chi connectivity index (χ0v) is 12.9. The van der Waals surface area contributed by atoms with Gasteiger partial charge in [0.15, 0.2) is 6.10 Å². The first kappa shape index (κ1) is 16.5. The Hall–Kier alpha value is -1.55. The summed E-state index contributed by atoms with van der Waals surface area (Å²) >= 11 is 0. The second-order valence-electron chi connectivity index (χ2n) is 4.98. The first-order valence-corrected chi connectivity index (χ1v) is 7.30. The highest BCUT2D eigenvalue weighted by atomic mass is 16.5. The Morgan fingerprint density at radius 1 is 1.25 bits per heavy atom. The number of hydrogen-bond donors (Lipinski definition) is 2. The zero-order chi connectivity index (χ0) is 15.0. The van der Waals surface area contributed by atoms with E-state index >= 15 is 0 Å². The average molecular weight is 278 g/mol. The maximum absolute atomic E-state index is 11.8. The highest BCUT2D eigenvalue weighted by Gasteiger charge is 2.13. The smallest absolute Gasteiger partial charge is 0.260 e. The SMILES string of the molecule is CCCCNC(=O)C(C)Oc1ccc(C(C)NC)cc1. The monoisotopic (exact) mass is 278 g/mol. The molecule has 0 spiro atoms. The number of hydrogen-bond acceptors (Lipinski definition) is 3. The molecule has 2 N–H and O–H groups in total. The first-order valence-electron chi connectivity index (χ1n) is 7.30. The van der Waals surface area contributed by atoms with E-state index < -0.39 is 6.10 Å². The number of rotatable bonds is 8. The van der Waals surface area contributed by atoms with Gasteiger partial charge in [-0.15, -0.1) is 0 Å². The molecule has 0 aromatic heterocycles. The number of benzene rings is 1. The summed E-state index contributed by atoms with van der Waals surface area (Å²) in [6.45, 7) is 6.67. The number of ether oxygens (including phenoxy) is 1. The van der Waals surface area contributed by atoms with Crippen molar-refractivity contribution in [2.75, 3.05) is 13.6 Å². The van der Waals surface area contributed by atoms with E-state index in [0.717, 1.165) is 18.6 Å². The van der Waals surface area contributed by atoms with Crippen molar-refractivity contribution in [2.24, 2.45) is 0 Å². The van der Waals surface area contributed by atoms with Crippen molar-refractivity contribution in [1.82, 2.24) is 10.6 Å². The second kappa shape index (κ2) is 8.59. The maximum atomic E-state index is 11.8. The molecule has 0 radical (unpaired) electrons. The number of carbonyl (C=O) groups excluding carboxylic acids is 1. The van der Waals surface area contributed by atoms with Crippen molar-refractivity contribution in [1.29, 1.82) is 0 Å². The summed E-state index contributed by atoms with van der Waals surface area (Å²) in [5.74, 6) is 0.654. The number of nitrogens with one attached hydrogen (secondary N) is 2. The molecule has 112 valence electrons. The first-order chi connectivity index (χ1) is 9.58. The summed E-state index contributed by atoms with van der Waals surface area (Å²) in [5, 5.41) is 6.05. The molecular weight excluding hydrogens is 252 g/mol. The van der Waals surface area contributed by atoms with Gasteiger partial charge in [-0.05, 0) is 45.0 Å². The van der Waals surface area contributed by atoms with Crippen molar-refractivity contribution in [3.63, 3.8) is 0 Å². The molecule has 0 aliphatic heterocycles. The lowest BCUT2D eigenvalue weighted by Gasteiger charge is -2.16. The van der Waals surface area contributed by atoms with Gasteiger partial charge in [-0.2, -0.15) is 0 Å². The quantitative estimate of drug-likeness (QED) is 0.719. The summed E-state index contributed by atoms with van der Waals surface area (Å²) < 4.78 is 5.64. The summed E-state index contributed by atoms with van der Waals surface area (Å²) in [6, 6.07) is 8.13. The fourth-order valence-corrected chi connectivity index (χ4v) is 1.79. The van der Waals surface area contributed by atoms with Crippen LogP contribution in [0.4, 0.5) is 0 Å².